The Balaban J connectivity index is 1.86. The van der Waals surface area contributed by atoms with Crippen LogP contribution in [0.15, 0.2) is 78.9 Å². The highest BCUT2D eigenvalue weighted by molar-refractivity contribution is 14.1. The topological polar surface area (TPSA) is 147 Å². The molecule has 2 atom stereocenters. The fraction of sp³-hybridized carbons (Fsp3) is 0.148. The number of hydrogen-bond acceptors (Lipinski definition) is 7. The third-order valence-corrected chi connectivity index (χ3v) is 5.77. The number of anilines is 3. The van der Waals surface area contributed by atoms with Crippen LogP contribution in [0.4, 0.5) is 21.9 Å². The van der Waals surface area contributed by atoms with Gasteiger partial charge in [0.1, 0.15) is 11.9 Å². The first-order valence-electron chi connectivity index (χ1n) is 11.2. The normalized spacial score (nSPS) is 12.4. The van der Waals surface area contributed by atoms with E-state index in [2.05, 4.69) is 33.2 Å². The van der Waals surface area contributed by atoms with Crippen molar-refractivity contribution in [2.75, 3.05) is 23.0 Å². The number of halogens is 1. The van der Waals surface area contributed by atoms with Crippen LogP contribution in [0.1, 0.15) is 24.2 Å². The number of nitrogen functional groups attached to an aromatic ring is 1. The van der Waals surface area contributed by atoms with Gasteiger partial charge in [-0.1, -0.05) is 12.1 Å². The molecule has 0 aliphatic heterocycles. The molecule has 0 saturated carbocycles. The summed E-state index contributed by atoms with van der Waals surface area (Å²) in [5.41, 5.74) is 7.92. The van der Waals surface area contributed by atoms with E-state index in [1.165, 1.54) is 18.2 Å². The van der Waals surface area contributed by atoms with Crippen molar-refractivity contribution in [3.63, 3.8) is 0 Å². The summed E-state index contributed by atoms with van der Waals surface area (Å²) in [4.78, 5) is 25.4. The van der Waals surface area contributed by atoms with E-state index in [0.717, 1.165) is 3.57 Å². The van der Waals surface area contributed by atoms with Crippen LogP contribution in [0.2, 0.25) is 0 Å². The molecule has 3 aromatic carbocycles. The predicted molar refractivity (Wildman–Crippen MR) is 149 cm³/mol. The first-order valence-corrected chi connectivity index (χ1v) is 12.3. The van der Waals surface area contributed by atoms with Gasteiger partial charge in [-0.15, -0.1) is 0 Å². The number of phenols is 1. The minimum absolute atomic E-state index is 0.101. The molecule has 0 spiro atoms. The monoisotopic (exact) mass is 612 g/mol. The smallest absolute Gasteiger partial charge is 0.412 e. The number of benzene rings is 3. The number of rotatable bonds is 9. The summed E-state index contributed by atoms with van der Waals surface area (Å²) in [6.07, 6.45) is -0.116. The molecule has 190 valence electrons. The van der Waals surface area contributed by atoms with E-state index in [-0.39, 0.29) is 12.4 Å². The average Bonchev–Trinajstić information content (AvgIpc) is 2.88. The van der Waals surface area contributed by atoms with E-state index in [1.807, 2.05) is 6.07 Å². The molecule has 0 aliphatic carbocycles. The van der Waals surface area contributed by atoms with E-state index in [4.69, 9.17) is 20.5 Å². The second-order valence-electron chi connectivity index (χ2n) is 7.70. The predicted octanol–water partition coefficient (Wildman–Crippen LogP) is 5.34. The number of para-hydroxylation sites is 2. The quantitative estimate of drug-likeness (QED) is 0.145. The van der Waals surface area contributed by atoms with Crippen LogP contribution in [0.5, 0.6) is 5.75 Å². The Morgan fingerprint density at radius 2 is 1.86 bits per heavy atom. The minimum Gasteiger partial charge on any atom is -0.508 e. The Bertz CT molecular complexity index is 1320. The lowest BCUT2D eigenvalue weighted by molar-refractivity contribution is -0.112. The number of carbonyl (C=O) groups is 2. The Morgan fingerprint density at radius 1 is 1.14 bits per heavy atom. The van der Waals surface area contributed by atoms with E-state index in [1.54, 1.807) is 67.6 Å². The SMILES string of the molecule is CCO[C@H](/C=C/C(=O)Nc1ccccc1N)[C@H](OC(=O)Nc1ccc(C#N)cc1)c1cc(I)ccc1O. The van der Waals surface area contributed by atoms with E-state index in [9.17, 15) is 14.7 Å². The Labute approximate surface area is 228 Å². The fourth-order valence-electron chi connectivity index (χ4n) is 3.36. The summed E-state index contributed by atoms with van der Waals surface area (Å²) in [5.74, 6) is -0.563. The lowest BCUT2D eigenvalue weighted by Crippen LogP contribution is -2.28. The van der Waals surface area contributed by atoms with Gasteiger partial charge in [0.15, 0.2) is 6.10 Å². The summed E-state index contributed by atoms with van der Waals surface area (Å²) in [6.45, 7) is 2.00. The first kappa shape index (κ1) is 27.5. The minimum atomic E-state index is -1.10. The summed E-state index contributed by atoms with van der Waals surface area (Å²) in [7, 11) is 0. The van der Waals surface area contributed by atoms with Gasteiger partial charge in [-0.05, 0) is 90.2 Å². The van der Waals surface area contributed by atoms with Crippen molar-refractivity contribution in [3.8, 4) is 11.8 Å². The highest BCUT2D eigenvalue weighted by atomic mass is 127. The van der Waals surface area contributed by atoms with Gasteiger partial charge in [0.2, 0.25) is 5.91 Å². The van der Waals surface area contributed by atoms with E-state index in [0.29, 0.717) is 28.2 Å². The first-order chi connectivity index (χ1) is 17.8. The third-order valence-electron chi connectivity index (χ3n) is 5.10. The van der Waals surface area contributed by atoms with Crippen molar-refractivity contribution in [3.05, 3.63) is 93.6 Å². The van der Waals surface area contributed by atoms with Gasteiger partial charge in [0.05, 0.1) is 23.0 Å². The van der Waals surface area contributed by atoms with Crippen LogP contribution in [0.3, 0.4) is 0 Å². The molecule has 5 N–H and O–H groups in total. The molecule has 0 aliphatic rings. The number of hydrogen-bond donors (Lipinski definition) is 4. The average molecular weight is 612 g/mol. The molecule has 37 heavy (non-hydrogen) atoms. The maximum atomic E-state index is 12.8. The van der Waals surface area contributed by atoms with Gasteiger partial charge in [0.25, 0.3) is 0 Å². The highest BCUT2D eigenvalue weighted by Crippen LogP contribution is 2.33. The molecule has 9 nitrogen and oxygen atoms in total. The maximum absolute atomic E-state index is 12.8. The van der Waals surface area contributed by atoms with Crippen LogP contribution in [-0.4, -0.2) is 29.8 Å². The van der Waals surface area contributed by atoms with Gasteiger partial charge < -0.3 is 25.6 Å². The number of nitrogens with zero attached hydrogens (tertiary/aromatic N) is 1. The fourth-order valence-corrected chi connectivity index (χ4v) is 3.87. The van der Waals surface area contributed by atoms with Crippen LogP contribution >= 0.6 is 22.6 Å². The molecule has 2 amide bonds. The largest absolute Gasteiger partial charge is 0.508 e. The molecule has 0 radical (unpaired) electrons. The van der Waals surface area contributed by atoms with Crippen LogP contribution in [0.25, 0.3) is 0 Å². The number of nitrogens with two attached hydrogens (primary N) is 1. The number of phenolic OH excluding ortho intramolecular Hbond substituents is 1. The molecule has 3 rings (SSSR count). The number of aromatic hydroxyl groups is 1. The van der Waals surface area contributed by atoms with Crippen molar-refractivity contribution < 1.29 is 24.2 Å². The van der Waals surface area contributed by atoms with Crippen LogP contribution in [0, 0.1) is 14.9 Å². The van der Waals surface area contributed by atoms with Crippen LogP contribution in [-0.2, 0) is 14.3 Å². The standard InChI is InChI=1S/C27H25IN4O5/c1-2-36-24(13-14-25(34)32-22-6-4-3-5-21(22)30)26(20-15-18(28)9-12-23(20)33)37-27(35)31-19-10-7-17(16-29)8-11-19/h3-15,24,26,33H,2,30H2,1H3,(H,31,35)(H,32,34)/b14-13+/t24-,26-/m1/s1. The third kappa shape index (κ3) is 7.96. The molecular formula is C27H25IN4O5. The summed E-state index contributed by atoms with van der Waals surface area (Å²) >= 11 is 2.08. The van der Waals surface area contributed by atoms with Gasteiger partial charge in [-0.25, -0.2) is 4.79 Å². The Hall–Kier alpha value is -4.08. The Morgan fingerprint density at radius 3 is 2.54 bits per heavy atom. The number of amides is 2. The molecule has 0 saturated heterocycles. The zero-order valence-corrected chi connectivity index (χ0v) is 22.0. The second kappa shape index (κ2) is 13.3. The maximum Gasteiger partial charge on any atom is 0.412 e. The summed E-state index contributed by atoms with van der Waals surface area (Å²) in [6, 6.07) is 20.0. The summed E-state index contributed by atoms with van der Waals surface area (Å²) in [5, 5.41) is 24.8. The molecule has 0 aromatic heterocycles. The van der Waals surface area contributed by atoms with Gasteiger partial charge in [-0.2, -0.15) is 5.26 Å². The van der Waals surface area contributed by atoms with Crippen molar-refractivity contribution in [1.29, 1.82) is 5.26 Å². The van der Waals surface area contributed by atoms with Gasteiger partial charge >= 0.3 is 6.09 Å². The lowest BCUT2D eigenvalue weighted by atomic mass is 10.0. The summed E-state index contributed by atoms with van der Waals surface area (Å²) < 4.78 is 12.3. The van der Waals surface area contributed by atoms with Crippen molar-refractivity contribution in [2.45, 2.75) is 19.1 Å². The molecule has 0 unspecified atom stereocenters. The molecule has 0 heterocycles. The zero-order valence-electron chi connectivity index (χ0n) is 19.9. The molecule has 10 heteroatoms. The molecule has 0 bridgehead atoms. The molecule has 0 fully saturated rings. The van der Waals surface area contributed by atoms with E-state index >= 15 is 0 Å². The number of nitriles is 1. The molecule has 3 aromatic rings. The number of ether oxygens (including phenoxy) is 2. The molecular weight excluding hydrogens is 587 g/mol. The van der Waals surface area contributed by atoms with E-state index < -0.39 is 24.2 Å². The lowest BCUT2D eigenvalue weighted by Gasteiger charge is -2.26. The highest BCUT2D eigenvalue weighted by Gasteiger charge is 2.29. The number of nitrogens with one attached hydrogen (secondary N) is 2. The van der Waals surface area contributed by atoms with Gasteiger partial charge in [-0.3, -0.25) is 10.1 Å². The van der Waals surface area contributed by atoms with Crippen molar-refractivity contribution >= 4 is 51.7 Å². The number of carbonyl (C=O) groups excluding carboxylic acids is 2. The van der Waals surface area contributed by atoms with Gasteiger partial charge in [0, 0.05) is 27.5 Å². The van der Waals surface area contributed by atoms with Crippen molar-refractivity contribution in [1.82, 2.24) is 0 Å². The Kier molecular flexibility index (Phi) is 9.88. The zero-order chi connectivity index (χ0) is 26.8. The van der Waals surface area contributed by atoms with Crippen LogP contribution < -0.4 is 16.4 Å². The second-order valence-corrected chi connectivity index (χ2v) is 8.94. The van der Waals surface area contributed by atoms with Crippen molar-refractivity contribution in [2.24, 2.45) is 0 Å².